The third-order valence-corrected chi connectivity index (χ3v) is 5.30. The van der Waals surface area contributed by atoms with E-state index in [1.54, 1.807) is 31.4 Å². The van der Waals surface area contributed by atoms with Gasteiger partial charge in [-0.25, -0.2) is 8.42 Å². The second kappa shape index (κ2) is 5.83. The van der Waals surface area contributed by atoms with Gasteiger partial charge in [-0.05, 0) is 42.5 Å². The van der Waals surface area contributed by atoms with Gasteiger partial charge < -0.3 is 10.5 Å². The first-order valence-electron chi connectivity index (χ1n) is 6.04. The van der Waals surface area contributed by atoms with E-state index in [1.165, 1.54) is 25.2 Å². The second-order valence-electron chi connectivity index (χ2n) is 4.36. The Labute approximate surface area is 128 Å². The number of rotatable bonds is 4. The molecule has 0 amide bonds. The normalized spacial score (nSPS) is 11.2. The van der Waals surface area contributed by atoms with Crippen LogP contribution in [0.25, 0.3) is 0 Å². The molecular formula is C14H15ClN2O3S. The molecule has 0 saturated heterocycles. The molecule has 0 aliphatic heterocycles. The molecule has 0 fully saturated rings. The van der Waals surface area contributed by atoms with Gasteiger partial charge in [0, 0.05) is 12.7 Å². The summed E-state index contributed by atoms with van der Waals surface area (Å²) < 4.78 is 31.4. The van der Waals surface area contributed by atoms with Crippen LogP contribution < -0.4 is 14.8 Å². The molecule has 0 unspecified atom stereocenters. The zero-order valence-electron chi connectivity index (χ0n) is 11.6. The smallest absolute Gasteiger partial charge is 0.265 e. The molecular weight excluding hydrogens is 312 g/mol. The summed E-state index contributed by atoms with van der Waals surface area (Å²) in [5.74, 6) is 0.648. The number of ether oxygens (including phenoxy) is 1. The number of benzene rings is 2. The highest BCUT2D eigenvalue weighted by Gasteiger charge is 2.24. The standard InChI is InChI=1S/C14H15ClN2O3S/c1-17(11-4-6-12(20-2)7-5-11)21(18,19)14-8-3-10(16)9-13(14)15/h3-9H,16H2,1-2H3. The number of methoxy groups -OCH3 is 1. The average Bonchev–Trinajstić information content (AvgIpc) is 2.46. The Kier molecular flexibility index (Phi) is 4.29. The Morgan fingerprint density at radius 3 is 2.29 bits per heavy atom. The van der Waals surface area contributed by atoms with Crippen molar-refractivity contribution in [2.75, 3.05) is 24.2 Å². The zero-order valence-corrected chi connectivity index (χ0v) is 13.1. The first kappa shape index (κ1) is 15.5. The molecule has 0 aliphatic carbocycles. The van der Waals surface area contributed by atoms with Crippen molar-refractivity contribution in [1.29, 1.82) is 0 Å². The molecule has 5 nitrogen and oxygen atoms in total. The van der Waals surface area contributed by atoms with Gasteiger partial charge in [-0.1, -0.05) is 11.6 Å². The highest BCUT2D eigenvalue weighted by Crippen LogP contribution is 2.29. The van der Waals surface area contributed by atoms with Crippen molar-refractivity contribution in [1.82, 2.24) is 0 Å². The van der Waals surface area contributed by atoms with Crippen LogP contribution in [0.2, 0.25) is 5.02 Å². The minimum atomic E-state index is -3.75. The Bertz CT molecular complexity index is 745. The van der Waals surface area contributed by atoms with Crippen molar-refractivity contribution in [3.63, 3.8) is 0 Å². The molecule has 21 heavy (non-hydrogen) atoms. The minimum absolute atomic E-state index is 0.0108. The number of nitrogens with two attached hydrogens (primary N) is 1. The van der Waals surface area contributed by atoms with Crippen LogP contribution >= 0.6 is 11.6 Å². The first-order chi connectivity index (χ1) is 9.86. The third kappa shape index (κ3) is 3.06. The van der Waals surface area contributed by atoms with E-state index in [1.807, 2.05) is 0 Å². The molecule has 0 heterocycles. The minimum Gasteiger partial charge on any atom is -0.497 e. The van der Waals surface area contributed by atoms with Crippen molar-refractivity contribution >= 4 is 33.0 Å². The van der Waals surface area contributed by atoms with Crippen molar-refractivity contribution in [3.05, 3.63) is 47.5 Å². The molecule has 0 spiro atoms. The van der Waals surface area contributed by atoms with E-state index in [9.17, 15) is 8.42 Å². The topological polar surface area (TPSA) is 72.6 Å². The van der Waals surface area contributed by atoms with Crippen molar-refractivity contribution in [3.8, 4) is 5.75 Å². The summed E-state index contributed by atoms with van der Waals surface area (Å²) in [6.07, 6.45) is 0. The van der Waals surface area contributed by atoms with Crippen LogP contribution in [0.15, 0.2) is 47.4 Å². The van der Waals surface area contributed by atoms with E-state index < -0.39 is 10.0 Å². The fourth-order valence-electron chi connectivity index (χ4n) is 1.80. The highest BCUT2D eigenvalue weighted by atomic mass is 35.5. The van der Waals surface area contributed by atoms with Crippen molar-refractivity contribution in [2.45, 2.75) is 4.90 Å². The van der Waals surface area contributed by atoms with E-state index in [4.69, 9.17) is 22.1 Å². The molecule has 2 aromatic rings. The van der Waals surface area contributed by atoms with E-state index >= 15 is 0 Å². The van der Waals surface area contributed by atoms with Crippen molar-refractivity contribution in [2.24, 2.45) is 0 Å². The number of halogens is 1. The second-order valence-corrected chi connectivity index (χ2v) is 6.71. The summed E-state index contributed by atoms with van der Waals surface area (Å²) in [4.78, 5) is 0.0108. The molecule has 112 valence electrons. The largest absolute Gasteiger partial charge is 0.497 e. The lowest BCUT2D eigenvalue weighted by Crippen LogP contribution is -2.26. The molecule has 2 aromatic carbocycles. The predicted molar refractivity (Wildman–Crippen MR) is 84.4 cm³/mol. The van der Waals surface area contributed by atoms with Gasteiger partial charge in [0.1, 0.15) is 10.6 Å². The van der Waals surface area contributed by atoms with E-state index in [2.05, 4.69) is 0 Å². The number of sulfonamides is 1. The number of anilines is 2. The van der Waals surface area contributed by atoms with Crippen molar-refractivity contribution < 1.29 is 13.2 Å². The molecule has 0 atom stereocenters. The summed E-state index contributed by atoms with van der Waals surface area (Å²) >= 11 is 5.99. The highest BCUT2D eigenvalue weighted by molar-refractivity contribution is 7.93. The van der Waals surface area contributed by atoms with Gasteiger partial charge in [-0.2, -0.15) is 0 Å². The Hall–Kier alpha value is -1.92. The van der Waals surface area contributed by atoms with Gasteiger partial charge in [0.2, 0.25) is 0 Å². The van der Waals surface area contributed by atoms with Crippen LogP contribution in [0.3, 0.4) is 0 Å². The SMILES string of the molecule is COc1ccc(N(C)S(=O)(=O)c2ccc(N)cc2Cl)cc1. The monoisotopic (exact) mass is 326 g/mol. The Morgan fingerprint density at radius 1 is 1.14 bits per heavy atom. The van der Waals surface area contributed by atoms with Gasteiger partial charge >= 0.3 is 0 Å². The number of nitrogen functional groups attached to an aromatic ring is 1. The third-order valence-electron chi connectivity index (χ3n) is 3.03. The number of nitrogens with zero attached hydrogens (tertiary/aromatic N) is 1. The Morgan fingerprint density at radius 2 is 1.76 bits per heavy atom. The molecule has 0 bridgehead atoms. The quantitative estimate of drug-likeness (QED) is 0.877. The molecule has 0 aromatic heterocycles. The van der Waals surface area contributed by atoms with Crippen LogP contribution in [0.4, 0.5) is 11.4 Å². The van der Waals surface area contributed by atoms with Crippen LogP contribution in [-0.4, -0.2) is 22.6 Å². The zero-order chi connectivity index (χ0) is 15.6. The lowest BCUT2D eigenvalue weighted by molar-refractivity contribution is 0.415. The van der Waals surface area contributed by atoms with Gasteiger partial charge in [-0.3, -0.25) is 4.31 Å². The van der Waals surface area contributed by atoms with Crippen LogP contribution in [0.1, 0.15) is 0 Å². The average molecular weight is 327 g/mol. The van der Waals surface area contributed by atoms with Crippen LogP contribution in [0.5, 0.6) is 5.75 Å². The lowest BCUT2D eigenvalue weighted by Gasteiger charge is -2.20. The molecule has 0 aliphatic rings. The van der Waals surface area contributed by atoms with E-state index in [-0.39, 0.29) is 9.92 Å². The summed E-state index contributed by atoms with van der Waals surface area (Å²) in [7, 11) is -0.747. The van der Waals surface area contributed by atoms with Gasteiger partial charge in [-0.15, -0.1) is 0 Å². The molecule has 7 heteroatoms. The first-order valence-corrected chi connectivity index (χ1v) is 7.86. The fraction of sp³-hybridized carbons (Fsp3) is 0.143. The predicted octanol–water partition coefficient (Wildman–Crippen LogP) is 2.76. The van der Waals surface area contributed by atoms with E-state index in [0.29, 0.717) is 17.1 Å². The molecule has 0 saturated carbocycles. The number of hydrogen-bond acceptors (Lipinski definition) is 4. The lowest BCUT2D eigenvalue weighted by atomic mass is 10.3. The maximum atomic E-state index is 12.6. The fourth-order valence-corrected chi connectivity index (χ4v) is 3.53. The summed E-state index contributed by atoms with van der Waals surface area (Å²) in [5.41, 5.74) is 6.49. The summed E-state index contributed by atoms with van der Waals surface area (Å²) in [6, 6.07) is 11.0. The molecule has 2 N–H and O–H groups in total. The van der Waals surface area contributed by atoms with Gasteiger partial charge in [0.05, 0.1) is 17.8 Å². The Balaban J connectivity index is 2.42. The number of hydrogen-bond donors (Lipinski definition) is 1. The van der Waals surface area contributed by atoms with E-state index in [0.717, 1.165) is 4.31 Å². The molecule has 2 rings (SSSR count). The van der Waals surface area contributed by atoms with Crippen LogP contribution in [-0.2, 0) is 10.0 Å². The maximum absolute atomic E-state index is 12.6. The maximum Gasteiger partial charge on any atom is 0.265 e. The van der Waals surface area contributed by atoms with Gasteiger partial charge in [0.25, 0.3) is 10.0 Å². The van der Waals surface area contributed by atoms with Gasteiger partial charge in [0.15, 0.2) is 0 Å². The summed E-state index contributed by atoms with van der Waals surface area (Å²) in [6.45, 7) is 0. The van der Waals surface area contributed by atoms with Crippen LogP contribution in [0, 0.1) is 0 Å². The summed E-state index contributed by atoms with van der Waals surface area (Å²) in [5, 5.41) is 0.0929. The molecule has 0 radical (unpaired) electrons.